The van der Waals surface area contributed by atoms with Crippen molar-refractivity contribution in [2.75, 3.05) is 38.0 Å². The van der Waals surface area contributed by atoms with Gasteiger partial charge in [0.25, 0.3) is 0 Å². The van der Waals surface area contributed by atoms with E-state index in [1.54, 1.807) is 23.5 Å². The summed E-state index contributed by atoms with van der Waals surface area (Å²) in [5, 5.41) is 6.11. The molecule has 5 nitrogen and oxygen atoms in total. The van der Waals surface area contributed by atoms with Crippen LogP contribution in [0.15, 0.2) is 47.8 Å². The first-order valence-electron chi connectivity index (χ1n) is 10.5. The Bertz CT molecular complexity index is 1040. The van der Waals surface area contributed by atoms with Crippen LogP contribution < -0.4 is 5.32 Å². The molecule has 0 saturated carbocycles. The van der Waals surface area contributed by atoms with Gasteiger partial charge in [-0.2, -0.15) is 0 Å². The van der Waals surface area contributed by atoms with Gasteiger partial charge in [0.2, 0.25) is 5.91 Å². The molecule has 162 valence electrons. The van der Waals surface area contributed by atoms with E-state index in [0.29, 0.717) is 6.54 Å². The van der Waals surface area contributed by atoms with Gasteiger partial charge in [-0.3, -0.25) is 14.6 Å². The minimum Gasteiger partial charge on any atom is -0.325 e. The fraction of sp³-hybridized carbons (Fsp3) is 0.333. The minimum atomic E-state index is -0.236. The number of amides is 1. The summed E-state index contributed by atoms with van der Waals surface area (Å²) in [6.07, 6.45) is 0. The Balaban J connectivity index is 1.24. The molecule has 0 spiro atoms. The summed E-state index contributed by atoms with van der Waals surface area (Å²) in [6.45, 7) is 8.80. The van der Waals surface area contributed by atoms with Gasteiger partial charge in [-0.05, 0) is 49.7 Å². The normalized spacial score (nSPS) is 15.2. The number of aryl methyl sites for hydroxylation is 2. The fourth-order valence-electron chi connectivity index (χ4n) is 3.78. The highest BCUT2D eigenvalue weighted by Crippen LogP contribution is 2.23. The van der Waals surface area contributed by atoms with Crippen LogP contribution in [0, 0.1) is 19.7 Å². The smallest absolute Gasteiger partial charge is 0.238 e. The van der Waals surface area contributed by atoms with Crippen LogP contribution in [-0.4, -0.2) is 53.4 Å². The molecule has 1 N–H and O–H groups in total. The molecule has 2 heterocycles. The molecule has 0 aliphatic carbocycles. The average Bonchev–Trinajstić information content (AvgIpc) is 3.20. The first-order valence-corrected chi connectivity index (χ1v) is 11.4. The lowest BCUT2D eigenvalue weighted by Gasteiger charge is -2.33. The molecule has 2 aromatic carbocycles. The molecule has 31 heavy (non-hydrogen) atoms. The number of benzene rings is 2. The lowest BCUT2D eigenvalue weighted by Crippen LogP contribution is -2.48. The molecule has 0 radical (unpaired) electrons. The molecule has 0 bridgehead atoms. The molecule has 1 fully saturated rings. The summed E-state index contributed by atoms with van der Waals surface area (Å²) in [4.78, 5) is 21.7. The highest BCUT2D eigenvalue weighted by atomic mass is 32.1. The van der Waals surface area contributed by atoms with Crippen molar-refractivity contribution in [1.82, 2.24) is 14.8 Å². The molecular weight excluding hydrogens is 411 g/mol. The van der Waals surface area contributed by atoms with Crippen LogP contribution in [-0.2, 0) is 11.3 Å². The van der Waals surface area contributed by atoms with Crippen molar-refractivity contribution < 1.29 is 9.18 Å². The second kappa shape index (κ2) is 9.68. The second-order valence-electron chi connectivity index (χ2n) is 8.05. The monoisotopic (exact) mass is 438 g/mol. The third-order valence-corrected chi connectivity index (χ3v) is 6.37. The number of carbonyl (C=O) groups excluding carboxylic acids is 1. The van der Waals surface area contributed by atoms with Crippen molar-refractivity contribution in [2.45, 2.75) is 20.4 Å². The number of hydrogen-bond donors (Lipinski definition) is 1. The quantitative estimate of drug-likeness (QED) is 0.623. The molecule has 1 aromatic heterocycles. The molecule has 1 aliphatic heterocycles. The van der Waals surface area contributed by atoms with Gasteiger partial charge in [0.1, 0.15) is 10.8 Å². The van der Waals surface area contributed by atoms with E-state index in [2.05, 4.69) is 21.2 Å². The van der Waals surface area contributed by atoms with Crippen molar-refractivity contribution in [3.63, 3.8) is 0 Å². The van der Waals surface area contributed by atoms with E-state index < -0.39 is 0 Å². The molecular formula is C24H27FN4OS. The summed E-state index contributed by atoms with van der Waals surface area (Å²) in [6, 6.07) is 12.5. The Morgan fingerprint density at radius 1 is 1.06 bits per heavy atom. The molecule has 1 aliphatic rings. The Morgan fingerprint density at radius 2 is 1.77 bits per heavy atom. The molecule has 0 atom stereocenters. The van der Waals surface area contributed by atoms with E-state index >= 15 is 0 Å². The zero-order valence-electron chi connectivity index (χ0n) is 17.9. The van der Waals surface area contributed by atoms with Gasteiger partial charge in [0.15, 0.2) is 0 Å². The zero-order chi connectivity index (χ0) is 21.8. The Kier molecular flexibility index (Phi) is 6.75. The predicted molar refractivity (Wildman–Crippen MR) is 124 cm³/mol. The van der Waals surface area contributed by atoms with Gasteiger partial charge in [-0.25, -0.2) is 9.37 Å². The third-order valence-electron chi connectivity index (χ3n) is 5.54. The molecule has 0 unspecified atom stereocenters. The number of piperazine rings is 1. The summed E-state index contributed by atoms with van der Waals surface area (Å²) in [5.41, 5.74) is 4.98. The topological polar surface area (TPSA) is 48.5 Å². The SMILES string of the molecule is Cc1ccc(NC(=O)CN2CCN(Cc3nc(-c4ccc(F)cc4)cs3)CC2)c(C)c1. The van der Waals surface area contributed by atoms with Crippen molar-refractivity contribution in [3.05, 3.63) is 69.8 Å². The number of hydrogen-bond acceptors (Lipinski definition) is 5. The number of anilines is 1. The van der Waals surface area contributed by atoms with Crippen LogP contribution in [0.1, 0.15) is 16.1 Å². The van der Waals surface area contributed by atoms with Crippen LogP contribution in [0.4, 0.5) is 10.1 Å². The predicted octanol–water partition coefficient (Wildman–Crippen LogP) is 4.32. The van der Waals surface area contributed by atoms with Crippen LogP contribution in [0.25, 0.3) is 11.3 Å². The maximum atomic E-state index is 13.1. The number of thiazole rings is 1. The summed E-state index contributed by atoms with van der Waals surface area (Å²) >= 11 is 1.63. The lowest BCUT2D eigenvalue weighted by atomic mass is 10.1. The second-order valence-corrected chi connectivity index (χ2v) is 8.99. The average molecular weight is 439 g/mol. The van der Waals surface area contributed by atoms with Crippen LogP contribution >= 0.6 is 11.3 Å². The molecule has 1 amide bonds. The number of nitrogens with one attached hydrogen (secondary N) is 1. The van der Waals surface area contributed by atoms with Gasteiger partial charge >= 0.3 is 0 Å². The molecule has 4 rings (SSSR count). The summed E-state index contributed by atoms with van der Waals surface area (Å²) in [5.74, 6) is -0.205. The van der Waals surface area contributed by atoms with Crippen molar-refractivity contribution in [2.24, 2.45) is 0 Å². The summed E-state index contributed by atoms with van der Waals surface area (Å²) < 4.78 is 13.1. The maximum absolute atomic E-state index is 13.1. The van der Waals surface area contributed by atoms with E-state index in [-0.39, 0.29) is 11.7 Å². The first-order chi connectivity index (χ1) is 15.0. The number of halogens is 1. The van der Waals surface area contributed by atoms with E-state index in [9.17, 15) is 9.18 Å². The highest BCUT2D eigenvalue weighted by molar-refractivity contribution is 7.09. The standard InChI is InChI=1S/C24H27FN4OS/c1-17-3-8-21(18(2)13-17)26-23(30)14-28-9-11-29(12-10-28)15-24-27-22(16-31-24)19-4-6-20(25)7-5-19/h3-8,13,16H,9-12,14-15H2,1-2H3,(H,26,30). The Hall–Kier alpha value is -2.61. The van der Waals surface area contributed by atoms with Gasteiger partial charge in [-0.15, -0.1) is 11.3 Å². The highest BCUT2D eigenvalue weighted by Gasteiger charge is 2.20. The zero-order valence-corrected chi connectivity index (χ0v) is 18.7. The lowest BCUT2D eigenvalue weighted by molar-refractivity contribution is -0.117. The maximum Gasteiger partial charge on any atom is 0.238 e. The first kappa shape index (κ1) is 21.6. The largest absolute Gasteiger partial charge is 0.325 e. The van der Waals surface area contributed by atoms with Crippen molar-refractivity contribution in [3.8, 4) is 11.3 Å². The van der Waals surface area contributed by atoms with Gasteiger partial charge in [0.05, 0.1) is 18.8 Å². The third kappa shape index (κ3) is 5.76. The summed E-state index contributed by atoms with van der Waals surface area (Å²) in [7, 11) is 0. The van der Waals surface area contributed by atoms with Crippen molar-refractivity contribution >= 4 is 22.9 Å². The van der Waals surface area contributed by atoms with E-state index in [0.717, 1.165) is 60.2 Å². The molecule has 7 heteroatoms. The Labute approximate surface area is 186 Å². The van der Waals surface area contributed by atoms with Crippen LogP contribution in [0.5, 0.6) is 0 Å². The van der Waals surface area contributed by atoms with Gasteiger partial charge in [-0.1, -0.05) is 17.7 Å². The molecule has 1 saturated heterocycles. The number of nitrogens with zero attached hydrogens (tertiary/aromatic N) is 3. The number of rotatable bonds is 6. The number of aromatic nitrogens is 1. The fourth-order valence-corrected chi connectivity index (χ4v) is 4.62. The van der Waals surface area contributed by atoms with Crippen LogP contribution in [0.3, 0.4) is 0 Å². The number of carbonyl (C=O) groups is 1. The van der Waals surface area contributed by atoms with Gasteiger partial charge < -0.3 is 5.32 Å². The van der Waals surface area contributed by atoms with E-state index in [4.69, 9.17) is 4.98 Å². The van der Waals surface area contributed by atoms with Gasteiger partial charge in [0, 0.05) is 42.8 Å². The minimum absolute atomic E-state index is 0.0317. The molecule has 3 aromatic rings. The van der Waals surface area contributed by atoms with E-state index in [1.807, 2.05) is 31.4 Å². The van der Waals surface area contributed by atoms with E-state index in [1.165, 1.54) is 17.7 Å². The Morgan fingerprint density at radius 3 is 2.48 bits per heavy atom. The van der Waals surface area contributed by atoms with Crippen molar-refractivity contribution in [1.29, 1.82) is 0 Å². The van der Waals surface area contributed by atoms with Crippen LogP contribution in [0.2, 0.25) is 0 Å².